The van der Waals surface area contributed by atoms with Gasteiger partial charge in [0, 0.05) is 11.5 Å². The second-order valence-electron chi connectivity index (χ2n) is 4.62. The Balaban J connectivity index is 2.87. The molecule has 0 heterocycles. The number of aliphatic hydroxyl groups excluding tert-OH is 1. The van der Waals surface area contributed by atoms with Crippen molar-refractivity contribution in [2.75, 3.05) is 0 Å². The molecule has 0 fully saturated rings. The molecule has 0 aliphatic carbocycles. The maximum atomic E-state index is 10.9. The number of aliphatic hydroxyl groups is 1. The summed E-state index contributed by atoms with van der Waals surface area (Å²) >= 11 is 0. The number of amides is 1. The lowest BCUT2D eigenvalue weighted by atomic mass is 9.82. The van der Waals surface area contributed by atoms with Crippen molar-refractivity contribution in [1.29, 1.82) is 0 Å². The SMILES string of the molecule is CC(C)(/C=C/C(=O)NO)[C@H](O)c1ccc(O)cc1. The van der Waals surface area contributed by atoms with E-state index in [1.54, 1.807) is 26.0 Å². The lowest BCUT2D eigenvalue weighted by molar-refractivity contribution is -0.124. The van der Waals surface area contributed by atoms with Crippen LogP contribution in [0.2, 0.25) is 0 Å². The zero-order chi connectivity index (χ0) is 13.8. The molecular weight excluding hydrogens is 234 g/mol. The monoisotopic (exact) mass is 251 g/mol. The van der Waals surface area contributed by atoms with E-state index in [2.05, 4.69) is 0 Å². The number of nitrogens with one attached hydrogen (secondary N) is 1. The van der Waals surface area contributed by atoms with Gasteiger partial charge in [0.2, 0.25) is 0 Å². The van der Waals surface area contributed by atoms with E-state index in [-0.39, 0.29) is 5.75 Å². The Morgan fingerprint density at radius 3 is 2.39 bits per heavy atom. The van der Waals surface area contributed by atoms with E-state index in [1.165, 1.54) is 23.7 Å². The van der Waals surface area contributed by atoms with Crippen LogP contribution in [-0.4, -0.2) is 21.3 Å². The average Bonchev–Trinajstić information content (AvgIpc) is 2.36. The molecule has 0 aliphatic rings. The predicted octanol–water partition coefficient (Wildman–Crippen LogP) is 1.51. The number of aromatic hydroxyl groups is 1. The quantitative estimate of drug-likeness (QED) is 0.371. The summed E-state index contributed by atoms with van der Waals surface area (Å²) in [5, 5.41) is 27.7. The number of phenols is 1. The summed E-state index contributed by atoms with van der Waals surface area (Å²) in [6.45, 7) is 3.51. The lowest BCUT2D eigenvalue weighted by Gasteiger charge is -2.27. The molecule has 0 saturated heterocycles. The number of hydrogen-bond acceptors (Lipinski definition) is 4. The summed E-state index contributed by atoms with van der Waals surface area (Å²) in [6, 6.07) is 6.20. The molecule has 1 atom stereocenters. The number of phenolic OH excluding ortho intramolecular Hbond substituents is 1. The first-order chi connectivity index (χ1) is 8.36. The highest BCUT2D eigenvalue weighted by Gasteiger charge is 2.26. The van der Waals surface area contributed by atoms with Crippen LogP contribution in [0.15, 0.2) is 36.4 Å². The molecule has 0 unspecified atom stereocenters. The number of hydroxylamine groups is 1. The van der Waals surface area contributed by atoms with Gasteiger partial charge in [-0.2, -0.15) is 0 Å². The summed E-state index contributed by atoms with van der Waals surface area (Å²) in [7, 11) is 0. The molecule has 0 bridgehead atoms. The van der Waals surface area contributed by atoms with Crippen LogP contribution in [0.3, 0.4) is 0 Å². The molecule has 0 aliphatic heterocycles. The summed E-state index contributed by atoms with van der Waals surface area (Å²) in [5.74, 6) is -0.528. The van der Waals surface area contributed by atoms with E-state index in [1.807, 2.05) is 0 Å². The van der Waals surface area contributed by atoms with Crippen molar-refractivity contribution in [3.63, 3.8) is 0 Å². The molecule has 1 aromatic rings. The van der Waals surface area contributed by atoms with Crippen LogP contribution in [0.25, 0.3) is 0 Å². The summed E-state index contributed by atoms with van der Waals surface area (Å²) in [5.41, 5.74) is 1.42. The largest absolute Gasteiger partial charge is 0.508 e. The Hall–Kier alpha value is -1.85. The van der Waals surface area contributed by atoms with Crippen LogP contribution in [-0.2, 0) is 4.79 Å². The average molecular weight is 251 g/mol. The van der Waals surface area contributed by atoms with E-state index >= 15 is 0 Å². The van der Waals surface area contributed by atoms with Crippen molar-refractivity contribution in [1.82, 2.24) is 5.48 Å². The van der Waals surface area contributed by atoms with Crippen molar-refractivity contribution in [3.8, 4) is 5.75 Å². The zero-order valence-corrected chi connectivity index (χ0v) is 10.3. The fraction of sp³-hybridized carbons (Fsp3) is 0.308. The normalized spacial score (nSPS) is 13.6. The van der Waals surface area contributed by atoms with Crippen LogP contribution >= 0.6 is 0 Å². The van der Waals surface area contributed by atoms with Crippen LogP contribution in [0, 0.1) is 5.41 Å². The fourth-order valence-corrected chi connectivity index (χ4v) is 1.51. The van der Waals surface area contributed by atoms with Crippen molar-refractivity contribution in [2.45, 2.75) is 20.0 Å². The minimum atomic E-state index is -0.833. The second kappa shape index (κ2) is 5.66. The number of rotatable bonds is 4. The van der Waals surface area contributed by atoms with Crippen LogP contribution in [0.5, 0.6) is 5.75 Å². The molecule has 98 valence electrons. The zero-order valence-electron chi connectivity index (χ0n) is 10.3. The molecule has 1 rings (SSSR count). The van der Waals surface area contributed by atoms with Crippen molar-refractivity contribution < 1.29 is 20.2 Å². The van der Waals surface area contributed by atoms with Gasteiger partial charge in [-0.15, -0.1) is 0 Å². The molecule has 1 aromatic carbocycles. The van der Waals surface area contributed by atoms with Gasteiger partial charge in [0.05, 0.1) is 6.10 Å². The maximum absolute atomic E-state index is 10.9. The Bertz CT molecular complexity index is 437. The van der Waals surface area contributed by atoms with Crippen molar-refractivity contribution in [3.05, 3.63) is 42.0 Å². The third kappa shape index (κ3) is 3.58. The van der Waals surface area contributed by atoms with Crippen LogP contribution in [0.4, 0.5) is 0 Å². The van der Waals surface area contributed by atoms with Gasteiger partial charge in [-0.05, 0) is 17.7 Å². The highest BCUT2D eigenvalue weighted by atomic mass is 16.5. The molecule has 4 N–H and O–H groups in total. The molecule has 0 spiro atoms. The number of hydrogen-bond donors (Lipinski definition) is 4. The molecule has 18 heavy (non-hydrogen) atoms. The molecule has 5 heteroatoms. The fourth-order valence-electron chi connectivity index (χ4n) is 1.51. The predicted molar refractivity (Wildman–Crippen MR) is 65.9 cm³/mol. The van der Waals surface area contributed by atoms with E-state index in [9.17, 15) is 15.0 Å². The van der Waals surface area contributed by atoms with Gasteiger partial charge in [-0.1, -0.05) is 32.1 Å². The second-order valence-corrected chi connectivity index (χ2v) is 4.62. The first-order valence-electron chi connectivity index (χ1n) is 5.47. The van der Waals surface area contributed by atoms with E-state index in [0.29, 0.717) is 5.56 Å². The minimum absolute atomic E-state index is 0.124. The third-order valence-electron chi connectivity index (χ3n) is 2.69. The lowest BCUT2D eigenvalue weighted by Crippen LogP contribution is -2.21. The number of carbonyl (C=O) groups is 1. The highest BCUT2D eigenvalue weighted by molar-refractivity contribution is 5.86. The standard InChI is InChI=1S/C13H17NO4/c1-13(2,8-7-11(16)14-18)12(17)9-3-5-10(15)6-4-9/h3-8,12,15,17-18H,1-2H3,(H,14,16)/b8-7+/t12-/m1/s1. The van der Waals surface area contributed by atoms with E-state index in [4.69, 9.17) is 5.21 Å². The van der Waals surface area contributed by atoms with E-state index < -0.39 is 17.4 Å². The number of carbonyl (C=O) groups excluding carboxylic acids is 1. The first kappa shape index (κ1) is 14.2. The minimum Gasteiger partial charge on any atom is -0.508 e. The van der Waals surface area contributed by atoms with Crippen LogP contribution in [0.1, 0.15) is 25.5 Å². The first-order valence-corrected chi connectivity index (χ1v) is 5.47. The van der Waals surface area contributed by atoms with Crippen molar-refractivity contribution >= 4 is 5.91 Å². The molecule has 0 radical (unpaired) electrons. The smallest absolute Gasteiger partial charge is 0.267 e. The van der Waals surface area contributed by atoms with Crippen molar-refractivity contribution in [2.24, 2.45) is 5.41 Å². The Labute approximate surface area is 105 Å². The summed E-state index contributed by atoms with van der Waals surface area (Å²) < 4.78 is 0. The maximum Gasteiger partial charge on any atom is 0.267 e. The van der Waals surface area contributed by atoms with Gasteiger partial charge in [-0.25, -0.2) is 5.48 Å². The summed E-state index contributed by atoms with van der Waals surface area (Å²) in [6.07, 6.45) is 1.83. The summed E-state index contributed by atoms with van der Waals surface area (Å²) in [4.78, 5) is 10.9. The highest BCUT2D eigenvalue weighted by Crippen LogP contribution is 2.34. The molecular formula is C13H17NO4. The van der Waals surface area contributed by atoms with E-state index in [0.717, 1.165) is 6.08 Å². The Morgan fingerprint density at radius 2 is 1.89 bits per heavy atom. The molecule has 5 nitrogen and oxygen atoms in total. The molecule has 0 saturated carbocycles. The topological polar surface area (TPSA) is 89.8 Å². The van der Waals surface area contributed by atoms with Gasteiger partial charge in [-0.3, -0.25) is 10.0 Å². The number of benzene rings is 1. The van der Waals surface area contributed by atoms with Gasteiger partial charge in [0.1, 0.15) is 5.75 Å². The Morgan fingerprint density at radius 1 is 1.33 bits per heavy atom. The molecule has 1 amide bonds. The van der Waals surface area contributed by atoms with Gasteiger partial charge >= 0.3 is 0 Å². The van der Waals surface area contributed by atoms with Gasteiger partial charge < -0.3 is 10.2 Å². The van der Waals surface area contributed by atoms with Crippen LogP contribution < -0.4 is 5.48 Å². The van der Waals surface area contributed by atoms with Gasteiger partial charge in [0.15, 0.2) is 0 Å². The van der Waals surface area contributed by atoms with Gasteiger partial charge in [0.25, 0.3) is 5.91 Å². The Kier molecular flexibility index (Phi) is 4.47. The third-order valence-corrected chi connectivity index (χ3v) is 2.69. The molecule has 0 aromatic heterocycles.